The summed E-state index contributed by atoms with van der Waals surface area (Å²) in [6, 6.07) is 4.21. The molecule has 1 aromatic rings. The molecule has 1 N–H and O–H groups in total. The van der Waals surface area contributed by atoms with Crippen LogP contribution >= 0.6 is 0 Å². The highest BCUT2D eigenvalue weighted by Gasteiger charge is 2.23. The Bertz CT molecular complexity index is 543. The Morgan fingerprint density at radius 1 is 1.24 bits per heavy atom. The second-order valence-corrected chi connectivity index (χ2v) is 5.22. The zero-order valence-corrected chi connectivity index (χ0v) is 11.8. The van der Waals surface area contributed by atoms with Crippen LogP contribution in [0.2, 0.25) is 0 Å². The number of non-ortho nitro benzene ring substituents is 1. The van der Waals surface area contributed by atoms with Crippen molar-refractivity contribution in [3.63, 3.8) is 0 Å². The van der Waals surface area contributed by atoms with E-state index in [1.165, 1.54) is 12.1 Å². The molecule has 0 aliphatic carbocycles. The summed E-state index contributed by atoms with van der Waals surface area (Å²) in [4.78, 5) is 22.7. The van der Waals surface area contributed by atoms with E-state index in [1.54, 1.807) is 0 Å². The van der Waals surface area contributed by atoms with E-state index in [0.29, 0.717) is 18.2 Å². The summed E-state index contributed by atoms with van der Waals surface area (Å²) in [7, 11) is 1.93. The zero-order valence-electron chi connectivity index (χ0n) is 11.8. The van der Waals surface area contributed by atoms with Gasteiger partial charge in [0.1, 0.15) is 0 Å². The Morgan fingerprint density at radius 2 is 1.90 bits per heavy atom. The van der Waals surface area contributed by atoms with Crippen molar-refractivity contribution in [2.75, 3.05) is 20.1 Å². The lowest BCUT2D eigenvalue weighted by Crippen LogP contribution is -2.40. The smallest absolute Gasteiger partial charge is 0.280 e. The second-order valence-electron chi connectivity index (χ2n) is 5.22. The number of hydrogen-bond donors (Lipinski definition) is 1. The van der Waals surface area contributed by atoms with Gasteiger partial charge >= 0.3 is 0 Å². The largest absolute Gasteiger partial charge is 0.317 e. The molecule has 0 saturated carbocycles. The van der Waals surface area contributed by atoms with Crippen molar-refractivity contribution in [1.82, 2.24) is 10.2 Å². The Labute approximate surface area is 122 Å². The number of piperidine rings is 1. The Hall–Kier alpha value is -2.06. The van der Waals surface area contributed by atoms with E-state index in [9.17, 15) is 20.2 Å². The summed E-state index contributed by atoms with van der Waals surface area (Å²) in [5.41, 5.74) is 0.0617. The molecule has 114 valence electrons. The van der Waals surface area contributed by atoms with E-state index < -0.39 is 9.85 Å². The van der Waals surface area contributed by atoms with Crippen LogP contribution in [-0.2, 0) is 6.54 Å². The summed E-state index contributed by atoms with van der Waals surface area (Å²) in [6.07, 6.45) is 1.99. The molecule has 0 bridgehead atoms. The summed E-state index contributed by atoms with van der Waals surface area (Å²) >= 11 is 0. The standard InChI is InChI=1S/C13H18N4O4/c1-15(11-4-6-14-7-5-11)9-10-2-3-12(16(18)19)8-13(10)17(20)21/h2-3,8,11,14H,4-7,9H2,1H3. The molecule has 0 spiro atoms. The topological polar surface area (TPSA) is 102 Å². The van der Waals surface area contributed by atoms with E-state index >= 15 is 0 Å². The van der Waals surface area contributed by atoms with Crippen molar-refractivity contribution in [3.8, 4) is 0 Å². The molecule has 1 aliphatic heterocycles. The molecule has 1 heterocycles. The van der Waals surface area contributed by atoms with Gasteiger partial charge in [-0.3, -0.25) is 25.1 Å². The van der Waals surface area contributed by atoms with Crippen LogP contribution in [0.25, 0.3) is 0 Å². The molecule has 21 heavy (non-hydrogen) atoms. The van der Waals surface area contributed by atoms with Crippen LogP contribution in [0.1, 0.15) is 18.4 Å². The fraction of sp³-hybridized carbons (Fsp3) is 0.538. The van der Waals surface area contributed by atoms with Gasteiger partial charge in [-0.15, -0.1) is 0 Å². The van der Waals surface area contributed by atoms with Gasteiger partial charge < -0.3 is 5.32 Å². The van der Waals surface area contributed by atoms with Crippen molar-refractivity contribution in [3.05, 3.63) is 44.0 Å². The zero-order chi connectivity index (χ0) is 15.4. The van der Waals surface area contributed by atoms with Crippen LogP contribution in [0.15, 0.2) is 18.2 Å². The van der Waals surface area contributed by atoms with Crippen LogP contribution in [0.3, 0.4) is 0 Å². The summed E-state index contributed by atoms with van der Waals surface area (Å²) < 4.78 is 0. The molecule has 1 aromatic carbocycles. The van der Waals surface area contributed by atoms with E-state index in [2.05, 4.69) is 10.2 Å². The van der Waals surface area contributed by atoms with Gasteiger partial charge in [-0.2, -0.15) is 0 Å². The van der Waals surface area contributed by atoms with Crippen LogP contribution in [0.5, 0.6) is 0 Å². The van der Waals surface area contributed by atoms with Gasteiger partial charge in [-0.05, 0) is 39.0 Å². The van der Waals surface area contributed by atoms with Crippen LogP contribution in [-0.4, -0.2) is 40.9 Å². The van der Waals surface area contributed by atoms with Crippen LogP contribution in [0, 0.1) is 20.2 Å². The monoisotopic (exact) mass is 294 g/mol. The molecule has 1 aliphatic rings. The number of nitrogens with one attached hydrogen (secondary N) is 1. The lowest BCUT2D eigenvalue weighted by molar-refractivity contribution is -0.394. The lowest BCUT2D eigenvalue weighted by atomic mass is 10.0. The SMILES string of the molecule is CN(Cc1ccc([N+](=O)[O-])cc1[N+](=O)[O-])C1CCNCC1. The van der Waals surface area contributed by atoms with Gasteiger partial charge in [0.25, 0.3) is 11.4 Å². The predicted molar refractivity (Wildman–Crippen MR) is 77.1 cm³/mol. The number of hydrogen-bond acceptors (Lipinski definition) is 6. The molecule has 0 atom stereocenters. The maximum absolute atomic E-state index is 11.1. The van der Waals surface area contributed by atoms with E-state index in [1.807, 2.05) is 7.05 Å². The number of nitrogens with zero attached hydrogens (tertiary/aromatic N) is 3. The van der Waals surface area contributed by atoms with E-state index in [-0.39, 0.29) is 11.4 Å². The number of rotatable bonds is 5. The molecule has 0 aromatic heterocycles. The molecule has 0 radical (unpaired) electrons. The molecule has 1 saturated heterocycles. The van der Waals surface area contributed by atoms with Crippen LogP contribution in [0.4, 0.5) is 11.4 Å². The minimum absolute atomic E-state index is 0.190. The average Bonchev–Trinajstić information content (AvgIpc) is 2.48. The highest BCUT2D eigenvalue weighted by atomic mass is 16.6. The minimum atomic E-state index is -0.618. The van der Waals surface area contributed by atoms with Gasteiger partial charge in [0.05, 0.1) is 15.9 Å². The highest BCUT2D eigenvalue weighted by molar-refractivity contribution is 5.49. The first-order valence-corrected chi connectivity index (χ1v) is 6.81. The van der Waals surface area contributed by atoms with Gasteiger partial charge in [-0.1, -0.05) is 0 Å². The van der Waals surface area contributed by atoms with Crippen molar-refractivity contribution in [2.24, 2.45) is 0 Å². The molecular formula is C13H18N4O4. The number of nitro benzene ring substituents is 2. The summed E-state index contributed by atoms with van der Waals surface area (Å²) in [5, 5.41) is 25.1. The van der Waals surface area contributed by atoms with Gasteiger partial charge in [-0.25, -0.2) is 0 Å². The Balaban J connectivity index is 2.18. The third-order valence-electron chi connectivity index (χ3n) is 3.83. The quantitative estimate of drug-likeness (QED) is 0.655. The van der Waals surface area contributed by atoms with E-state index in [0.717, 1.165) is 32.0 Å². The molecule has 8 heteroatoms. The van der Waals surface area contributed by atoms with Gasteiger partial charge in [0, 0.05) is 24.2 Å². The molecular weight excluding hydrogens is 276 g/mol. The molecule has 8 nitrogen and oxygen atoms in total. The Morgan fingerprint density at radius 3 is 2.48 bits per heavy atom. The van der Waals surface area contributed by atoms with Crippen molar-refractivity contribution < 1.29 is 9.85 Å². The maximum Gasteiger partial charge on any atom is 0.280 e. The highest BCUT2D eigenvalue weighted by Crippen LogP contribution is 2.26. The first-order valence-electron chi connectivity index (χ1n) is 6.81. The third kappa shape index (κ3) is 3.73. The average molecular weight is 294 g/mol. The lowest BCUT2D eigenvalue weighted by Gasteiger charge is -2.31. The Kier molecular flexibility index (Phi) is 4.81. The van der Waals surface area contributed by atoms with Crippen molar-refractivity contribution in [1.29, 1.82) is 0 Å². The first-order chi connectivity index (χ1) is 9.99. The van der Waals surface area contributed by atoms with Gasteiger partial charge in [0.15, 0.2) is 0 Å². The first kappa shape index (κ1) is 15.3. The van der Waals surface area contributed by atoms with Gasteiger partial charge in [0.2, 0.25) is 0 Å². The summed E-state index contributed by atoms with van der Waals surface area (Å²) in [6.45, 7) is 2.30. The normalized spacial score (nSPS) is 16.1. The van der Waals surface area contributed by atoms with Crippen molar-refractivity contribution in [2.45, 2.75) is 25.4 Å². The molecule has 2 rings (SSSR count). The fourth-order valence-corrected chi connectivity index (χ4v) is 2.61. The predicted octanol–water partition coefficient (Wildman–Crippen LogP) is 1.69. The van der Waals surface area contributed by atoms with Crippen molar-refractivity contribution >= 4 is 11.4 Å². The second kappa shape index (κ2) is 6.59. The third-order valence-corrected chi connectivity index (χ3v) is 3.83. The number of nitro groups is 2. The minimum Gasteiger partial charge on any atom is -0.317 e. The molecule has 1 fully saturated rings. The summed E-state index contributed by atoms with van der Waals surface area (Å²) in [5.74, 6) is 0. The van der Waals surface area contributed by atoms with Crippen LogP contribution < -0.4 is 5.32 Å². The number of benzene rings is 1. The molecule has 0 unspecified atom stereocenters. The fourth-order valence-electron chi connectivity index (χ4n) is 2.61. The van der Waals surface area contributed by atoms with E-state index in [4.69, 9.17) is 0 Å². The maximum atomic E-state index is 11.1. The molecule has 0 amide bonds.